The first-order chi connectivity index (χ1) is 9.48. The van der Waals surface area contributed by atoms with Gasteiger partial charge in [-0.3, -0.25) is 0 Å². The van der Waals surface area contributed by atoms with Gasteiger partial charge in [0.1, 0.15) is 0 Å². The predicted molar refractivity (Wildman–Crippen MR) is 81.5 cm³/mol. The van der Waals surface area contributed by atoms with Gasteiger partial charge >= 0.3 is 0 Å². The molecule has 0 radical (unpaired) electrons. The van der Waals surface area contributed by atoms with Crippen molar-refractivity contribution in [1.82, 2.24) is 4.31 Å². The summed E-state index contributed by atoms with van der Waals surface area (Å²) in [6.07, 6.45) is 0.817. The fourth-order valence-electron chi connectivity index (χ4n) is 2.55. The average Bonchev–Trinajstić information content (AvgIpc) is 2.88. The van der Waals surface area contributed by atoms with Gasteiger partial charge in [-0.1, -0.05) is 12.1 Å². The Bertz CT molecular complexity index is 747. The van der Waals surface area contributed by atoms with Crippen LogP contribution in [0.1, 0.15) is 21.6 Å². The molecule has 2 heterocycles. The third-order valence-electron chi connectivity index (χ3n) is 3.73. The van der Waals surface area contributed by atoms with E-state index in [1.165, 1.54) is 4.88 Å². The van der Waals surface area contributed by atoms with Crippen LogP contribution in [0, 0.1) is 13.8 Å². The smallest absolute Gasteiger partial charge is 0.207 e. The second kappa shape index (κ2) is 4.98. The van der Waals surface area contributed by atoms with Crippen LogP contribution in [-0.2, 0) is 23.0 Å². The van der Waals surface area contributed by atoms with Gasteiger partial charge in [0.05, 0.1) is 4.90 Å². The topological polar surface area (TPSA) is 37.4 Å². The van der Waals surface area contributed by atoms with Crippen LogP contribution in [0.15, 0.2) is 34.5 Å². The number of aryl methyl sites for hydroxylation is 2. The zero-order chi connectivity index (χ0) is 14.3. The van der Waals surface area contributed by atoms with E-state index in [0.29, 0.717) is 18.0 Å². The second-order valence-corrected chi connectivity index (χ2v) is 8.13. The summed E-state index contributed by atoms with van der Waals surface area (Å²) in [5.41, 5.74) is 2.93. The van der Waals surface area contributed by atoms with E-state index in [1.807, 2.05) is 37.4 Å². The number of fused-ring (bicyclic) bond motifs is 1. The summed E-state index contributed by atoms with van der Waals surface area (Å²) >= 11 is 1.72. The molecule has 0 N–H and O–H groups in total. The molecule has 5 heteroatoms. The third-order valence-corrected chi connectivity index (χ3v) is 6.74. The first kappa shape index (κ1) is 13.8. The van der Waals surface area contributed by atoms with Gasteiger partial charge in [-0.15, -0.1) is 11.3 Å². The molecule has 0 amide bonds. The van der Waals surface area contributed by atoms with Crippen molar-refractivity contribution >= 4 is 21.4 Å². The van der Waals surface area contributed by atoms with Crippen molar-refractivity contribution < 1.29 is 8.42 Å². The number of thiophene rings is 1. The first-order valence-electron chi connectivity index (χ1n) is 6.61. The molecule has 3 nitrogen and oxygen atoms in total. The van der Waals surface area contributed by atoms with Crippen molar-refractivity contribution in [2.24, 2.45) is 0 Å². The van der Waals surface area contributed by atoms with Gasteiger partial charge in [0.2, 0.25) is 10.0 Å². The van der Waals surface area contributed by atoms with Crippen LogP contribution in [0.2, 0.25) is 0 Å². The van der Waals surface area contributed by atoms with E-state index >= 15 is 0 Å². The molecule has 1 aliphatic heterocycles. The monoisotopic (exact) mass is 307 g/mol. The third kappa shape index (κ3) is 2.30. The fraction of sp³-hybridized carbons (Fsp3) is 0.333. The maximum atomic E-state index is 12.8. The van der Waals surface area contributed by atoms with E-state index < -0.39 is 10.0 Å². The zero-order valence-electron chi connectivity index (χ0n) is 11.6. The Kier molecular flexibility index (Phi) is 3.44. The lowest BCUT2D eigenvalue weighted by atomic mass is 10.1. The molecule has 20 heavy (non-hydrogen) atoms. The predicted octanol–water partition coefficient (Wildman–Crippen LogP) is 3.11. The van der Waals surface area contributed by atoms with Crippen molar-refractivity contribution in [2.75, 3.05) is 6.54 Å². The van der Waals surface area contributed by atoms with Gasteiger partial charge in [0.25, 0.3) is 0 Å². The fourth-order valence-corrected chi connectivity index (χ4v) is 5.17. The number of benzene rings is 1. The second-order valence-electron chi connectivity index (χ2n) is 5.23. The molecule has 0 unspecified atom stereocenters. The lowest BCUT2D eigenvalue weighted by Gasteiger charge is -2.27. The van der Waals surface area contributed by atoms with E-state index in [1.54, 1.807) is 21.7 Å². The Morgan fingerprint density at radius 1 is 1.20 bits per heavy atom. The SMILES string of the molecule is Cc1ccc(C)c(S(=O)(=O)N2CCc3sccc3C2)c1. The molecule has 1 aromatic heterocycles. The van der Waals surface area contributed by atoms with Gasteiger partial charge in [-0.2, -0.15) is 4.31 Å². The van der Waals surface area contributed by atoms with Crippen LogP contribution in [-0.4, -0.2) is 19.3 Å². The van der Waals surface area contributed by atoms with E-state index in [0.717, 1.165) is 23.1 Å². The molecule has 0 saturated carbocycles. The summed E-state index contributed by atoms with van der Waals surface area (Å²) in [6.45, 7) is 4.84. The highest BCUT2D eigenvalue weighted by Crippen LogP contribution is 2.29. The minimum absolute atomic E-state index is 0.441. The highest BCUT2D eigenvalue weighted by molar-refractivity contribution is 7.89. The molecule has 0 spiro atoms. The van der Waals surface area contributed by atoms with E-state index in [2.05, 4.69) is 0 Å². The Morgan fingerprint density at radius 2 is 2.00 bits per heavy atom. The Hall–Kier alpha value is -1.17. The Balaban J connectivity index is 1.99. The average molecular weight is 307 g/mol. The maximum absolute atomic E-state index is 12.8. The maximum Gasteiger partial charge on any atom is 0.243 e. The van der Waals surface area contributed by atoms with Crippen molar-refractivity contribution in [2.45, 2.75) is 31.7 Å². The molecule has 0 atom stereocenters. The number of sulfonamides is 1. The number of rotatable bonds is 2. The summed E-state index contributed by atoms with van der Waals surface area (Å²) in [4.78, 5) is 1.76. The van der Waals surface area contributed by atoms with E-state index in [9.17, 15) is 8.42 Å². The zero-order valence-corrected chi connectivity index (χ0v) is 13.2. The van der Waals surface area contributed by atoms with E-state index in [4.69, 9.17) is 0 Å². The summed E-state index contributed by atoms with van der Waals surface area (Å²) in [5.74, 6) is 0. The summed E-state index contributed by atoms with van der Waals surface area (Å²) < 4.78 is 27.2. The van der Waals surface area contributed by atoms with E-state index in [-0.39, 0.29) is 0 Å². The molecule has 1 aliphatic rings. The normalized spacial score (nSPS) is 16.1. The summed E-state index contributed by atoms with van der Waals surface area (Å²) in [6, 6.07) is 7.63. The molecular formula is C15H17NO2S2. The van der Waals surface area contributed by atoms with Crippen LogP contribution in [0.4, 0.5) is 0 Å². The Labute approximate surface area is 123 Å². The molecule has 3 rings (SSSR count). The van der Waals surface area contributed by atoms with Gasteiger partial charge in [0, 0.05) is 18.0 Å². The molecule has 2 aromatic rings. The lowest BCUT2D eigenvalue weighted by molar-refractivity contribution is 0.394. The molecule has 0 fully saturated rings. The van der Waals surface area contributed by atoms with Gasteiger partial charge < -0.3 is 0 Å². The minimum atomic E-state index is -3.40. The number of nitrogens with zero attached hydrogens (tertiary/aromatic N) is 1. The number of hydrogen-bond donors (Lipinski definition) is 0. The van der Waals surface area contributed by atoms with Crippen molar-refractivity contribution in [1.29, 1.82) is 0 Å². The quantitative estimate of drug-likeness (QED) is 0.855. The van der Waals surface area contributed by atoms with Crippen LogP contribution in [0.25, 0.3) is 0 Å². The highest BCUT2D eigenvalue weighted by atomic mass is 32.2. The first-order valence-corrected chi connectivity index (χ1v) is 8.93. The van der Waals surface area contributed by atoms with Crippen LogP contribution < -0.4 is 0 Å². The number of hydrogen-bond acceptors (Lipinski definition) is 3. The van der Waals surface area contributed by atoms with Crippen LogP contribution in [0.5, 0.6) is 0 Å². The molecule has 0 saturated heterocycles. The molecular weight excluding hydrogens is 290 g/mol. The molecule has 0 aliphatic carbocycles. The highest BCUT2D eigenvalue weighted by Gasteiger charge is 2.29. The largest absolute Gasteiger partial charge is 0.243 e. The molecule has 0 bridgehead atoms. The molecule has 106 valence electrons. The Morgan fingerprint density at radius 3 is 2.80 bits per heavy atom. The lowest BCUT2D eigenvalue weighted by Crippen LogP contribution is -2.35. The van der Waals surface area contributed by atoms with Crippen LogP contribution >= 0.6 is 11.3 Å². The summed E-state index contributed by atoms with van der Waals surface area (Å²) in [5, 5.41) is 2.04. The van der Waals surface area contributed by atoms with Crippen molar-refractivity contribution in [3.63, 3.8) is 0 Å². The molecule has 1 aromatic carbocycles. The van der Waals surface area contributed by atoms with Crippen LogP contribution in [0.3, 0.4) is 0 Å². The van der Waals surface area contributed by atoms with Crippen molar-refractivity contribution in [3.05, 3.63) is 51.2 Å². The van der Waals surface area contributed by atoms with Gasteiger partial charge in [-0.05, 0) is 54.5 Å². The van der Waals surface area contributed by atoms with Gasteiger partial charge in [-0.25, -0.2) is 8.42 Å². The van der Waals surface area contributed by atoms with Crippen molar-refractivity contribution in [3.8, 4) is 0 Å². The summed E-state index contributed by atoms with van der Waals surface area (Å²) in [7, 11) is -3.40. The standard InChI is InChI=1S/C15H17NO2S2/c1-11-3-4-12(2)15(9-11)20(17,18)16-7-5-14-13(10-16)6-8-19-14/h3-4,6,8-9H,5,7,10H2,1-2H3. The minimum Gasteiger partial charge on any atom is -0.207 e. The van der Waals surface area contributed by atoms with Gasteiger partial charge in [0.15, 0.2) is 0 Å².